The summed E-state index contributed by atoms with van der Waals surface area (Å²) in [6.07, 6.45) is 2.67. The van der Waals surface area contributed by atoms with Crippen molar-refractivity contribution in [3.63, 3.8) is 0 Å². The molecule has 0 aromatic rings. The van der Waals surface area contributed by atoms with Crippen LogP contribution in [-0.4, -0.2) is 36.4 Å². The minimum absolute atomic E-state index is 0.138. The summed E-state index contributed by atoms with van der Waals surface area (Å²) in [7, 11) is 1.43. The summed E-state index contributed by atoms with van der Waals surface area (Å²) in [5, 5.41) is 13.0. The number of aliphatic hydroxyl groups excluding tert-OH is 1. The molecule has 0 aromatic carbocycles. The largest absolute Gasteiger partial charge is 0.468 e. The van der Waals surface area contributed by atoms with Gasteiger partial charge < -0.3 is 15.2 Å². The van der Waals surface area contributed by atoms with Gasteiger partial charge in [-0.2, -0.15) is 0 Å². The van der Waals surface area contributed by atoms with Crippen molar-refractivity contribution in [1.29, 1.82) is 0 Å². The van der Waals surface area contributed by atoms with E-state index in [1.165, 1.54) is 7.11 Å². The maximum atomic E-state index is 11.6. The Kier molecular flexibility index (Phi) is 2.97. The molecule has 16 heavy (non-hydrogen) atoms. The summed E-state index contributed by atoms with van der Waals surface area (Å²) in [5.74, 6) is 0.265. The smallest absolute Gasteiger partial charge is 0.323 e. The van der Waals surface area contributed by atoms with Gasteiger partial charge in [-0.1, -0.05) is 13.8 Å². The van der Waals surface area contributed by atoms with E-state index in [1.807, 2.05) is 13.8 Å². The van der Waals surface area contributed by atoms with Crippen molar-refractivity contribution < 1.29 is 14.6 Å². The molecule has 2 rings (SSSR count). The number of carbonyl (C=O) groups excluding carboxylic acids is 1. The van der Waals surface area contributed by atoms with E-state index in [1.54, 1.807) is 0 Å². The normalized spacial score (nSPS) is 34.0. The van der Waals surface area contributed by atoms with Crippen LogP contribution in [0.4, 0.5) is 0 Å². The van der Waals surface area contributed by atoms with Gasteiger partial charge in [-0.25, -0.2) is 0 Å². The zero-order valence-electron chi connectivity index (χ0n) is 10.2. The Morgan fingerprint density at radius 1 is 1.50 bits per heavy atom. The minimum atomic E-state index is -0.262. The SMILES string of the molecule is COC(=O)C(NC1CC(O)C1(C)C)C1CC1. The van der Waals surface area contributed by atoms with Gasteiger partial charge in [0.2, 0.25) is 0 Å². The molecule has 0 aliphatic heterocycles. The average molecular weight is 227 g/mol. The Bertz CT molecular complexity index is 286. The van der Waals surface area contributed by atoms with E-state index in [0.717, 1.165) is 19.3 Å². The lowest BCUT2D eigenvalue weighted by Crippen LogP contribution is -2.63. The van der Waals surface area contributed by atoms with Gasteiger partial charge in [0.1, 0.15) is 6.04 Å². The summed E-state index contributed by atoms with van der Waals surface area (Å²) < 4.78 is 4.81. The molecule has 3 unspecified atom stereocenters. The molecule has 4 nitrogen and oxygen atoms in total. The number of esters is 1. The number of carbonyl (C=O) groups is 1. The van der Waals surface area contributed by atoms with E-state index in [0.29, 0.717) is 5.92 Å². The van der Waals surface area contributed by atoms with Crippen molar-refractivity contribution in [3.05, 3.63) is 0 Å². The van der Waals surface area contributed by atoms with Gasteiger partial charge in [0, 0.05) is 11.5 Å². The van der Waals surface area contributed by atoms with E-state index >= 15 is 0 Å². The Morgan fingerprint density at radius 2 is 2.12 bits per heavy atom. The average Bonchev–Trinajstić information content (AvgIpc) is 3.06. The van der Waals surface area contributed by atoms with Crippen molar-refractivity contribution in [1.82, 2.24) is 5.32 Å². The summed E-state index contributed by atoms with van der Waals surface area (Å²) in [4.78, 5) is 11.6. The predicted octanol–water partition coefficient (Wildman–Crippen LogP) is 0.687. The van der Waals surface area contributed by atoms with Crippen LogP contribution in [0.1, 0.15) is 33.1 Å². The quantitative estimate of drug-likeness (QED) is 0.694. The standard InChI is InChI=1S/C12H21NO3/c1-12(2)8(6-9(12)14)13-10(7-4-5-7)11(15)16-3/h7-10,13-14H,4-6H2,1-3H3. The third-order valence-electron chi connectivity index (χ3n) is 4.15. The van der Waals surface area contributed by atoms with E-state index in [2.05, 4.69) is 5.32 Å². The van der Waals surface area contributed by atoms with Crippen LogP contribution in [0.15, 0.2) is 0 Å². The number of ether oxygens (including phenoxy) is 1. The second-order valence-corrected chi connectivity index (χ2v) is 5.63. The van der Waals surface area contributed by atoms with Crippen molar-refractivity contribution in [2.24, 2.45) is 11.3 Å². The molecule has 0 spiro atoms. The molecule has 4 heteroatoms. The van der Waals surface area contributed by atoms with Crippen molar-refractivity contribution in [3.8, 4) is 0 Å². The molecule has 2 aliphatic carbocycles. The van der Waals surface area contributed by atoms with E-state index in [-0.39, 0.29) is 29.6 Å². The van der Waals surface area contributed by atoms with Crippen LogP contribution in [0.5, 0.6) is 0 Å². The van der Waals surface area contributed by atoms with Crippen LogP contribution in [-0.2, 0) is 9.53 Å². The molecule has 0 saturated heterocycles. The molecule has 0 radical (unpaired) electrons. The maximum Gasteiger partial charge on any atom is 0.323 e. The minimum Gasteiger partial charge on any atom is -0.468 e. The van der Waals surface area contributed by atoms with Gasteiger partial charge in [-0.05, 0) is 25.2 Å². The molecule has 0 amide bonds. The number of hydrogen-bond donors (Lipinski definition) is 2. The van der Waals surface area contributed by atoms with Crippen molar-refractivity contribution >= 4 is 5.97 Å². The van der Waals surface area contributed by atoms with Crippen LogP contribution in [0, 0.1) is 11.3 Å². The van der Waals surface area contributed by atoms with Gasteiger partial charge in [-0.15, -0.1) is 0 Å². The number of hydrogen-bond acceptors (Lipinski definition) is 4. The first kappa shape index (κ1) is 11.9. The Balaban J connectivity index is 1.94. The zero-order valence-corrected chi connectivity index (χ0v) is 10.2. The second kappa shape index (κ2) is 4.00. The summed E-state index contributed by atoms with van der Waals surface area (Å²) in [6.45, 7) is 4.06. The second-order valence-electron chi connectivity index (χ2n) is 5.63. The predicted molar refractivity (Wildman–Crippen MR) is 59.9 cm³/mol. The first-order chi connectivity index (χ1) is 7.46. The first-order valence-corrected chi connectivity index (χ1v) is 5.98. The molecule has 0 bridgehead atoms. The van der Waals surface area contributed by atoms with Crippen LogP contribution >= 0.6 is 0 Å². The topological polar surface area (TPSA) is 58.6 Å². The molecule has 0 aromatic heterocycles. The van der Waals surface area contributed by atoms with Crippen LogP contribution < -0.4 is 5.32 Å². The van der Waals surface area contributed by atoms with Gasteiger partial charge in [0.05, 0.1) is 13.2 Å². The van der Waals surface area contributed by atoms with Gasteiger partial charge in [-0.3, -0.25) is 4.79 Å². The van der Waals surface area contributed by atoms with Crippen LogP contribution in [0.3, 0.4) is 0 Å². The van der Waals surface area contributed by atoms with E-state index in [9.17, 15) is 9.90 Å². The first-order valence-electron chi connectivity index (χ1n) is 5.98. The molecule has 0 heterocycles. The lowest BCUT2D eigenvalue weighted by molar-refractivity contribution is -0.146. The fourth-order valence-corrected chi connectivity index (χ4v) is 2.36. The van der Waals surface area contributed by atoms with Crippen LogP contribution in [0.2, 0.25) is 0 Å². The van der Waals surface area contributed by atoms with Crippen LogP contribution in [0.25, 0.3) is 0 Å². The third-order valence-corrected chi connectivity index (χ3v) is 4.15. The molecule has 3 atom stereocenters. The summed E-state index contributed by atoms with van der Waals surface area (Å²) in [5.41, 5.74) is -0.138. The lowest BCUT2D eigenvalue weighted by Gasteiger charge is -2.50. The fourth-order valence-electron chi connectivity index (χ4n) is 2.36. The molecule has 2 N–H and O–H groups in total. The highest BCUT2D eigenvalue weighted by Gasteiger charge is 2.50. The lowest BCUT2D eigenvalue weighted by atomic mass is 9.64. The van der Waals surface area contributed by atoms with Gasteiger partial charge >= 0.3 is 5.97 Å². The number of rotatable bonds is 4. The Labute approximate surface area is 96.4 Å². The van der Waals surface area contributed by atoms with E-state index in [4.69, 9.17) is 4.74 Å². The maximum absolute atomic E-state index is 11.6. The highest BCUT2D eigenvalue weighted by atomic mass is 16.5. The summed E-state index contributed by atoms with van der Waals surface area (Å²) in [6, 6.07) is 0.0361. The summed E-state index contributed by atoms with van der Waals surface area (Å²) >= 11 is 0. The van der Waals surface area contributed by atoms with Gasteiger partial charge in [0.25, 0.3) is 0 Å². The monoisotopic (exact) mass is 227 g/mol. The van der Waals surface area contributed by atoms with Crippen molar-refractivity contribution in [2.45, 2.75) is 51.3 Å². The molecule has 2 fully saturated rings. The third kappa shape index (κ3) is 1.96. The molecule has 2 saturated carbocycles. The molecular weight excluding hydrogens is 206 g/mol. The highest BCUT2D eigenvalue weighted by Crippen LogP contribution is 2.42. The fraction of sp³-hybridized carbons (Fsp3) is 0.917. The molecule has 92 valence electrons. The van der Waals surface area contributed by atoms with Crippen molar-refractivity contribution in [2.75, 3.05) is 7.11 Å². The Hall–Kier alpha value is -0.610. The van der Waals surface area contributed by atoms with Gasteiger partial charge in [0.15, 0.2) is 0 Å². The number of methoxy groups -OCH3 is 1. The molecule has 2 aliphatic rings. The zero-order chi connectivity index (χ0) is 11.9. The Morgan fingerprint density at radius 3 is 2.50 bits per heavy atom. The highest BCUT2D eigenvalue weighted by molar-refractivity contribution is 5.76. The number of aliphatic hydroxyl groups is 1. The number of nitrogens with one attached hydrogen (secondary N) is 1. The molecular formula is C12H21NO3. The van der Waals surface area contributed by atoms with E-state index < -0.39 is 0 Å².